The number of rotatable bonds is 43. The van der Waals surface area contributed by atoms with Gasteiger partial charge in [-0.05, 0) is 12.8 Å². The molecule has 442 valence electrons. The Kier molecular flexibility index (Phi) is 36.8. The molecule has 0 aromatic rings. The summed E-state index contributed by atoms with van der Waals surface area (Å²) in [7, 11) is 0. The third-order valence-corrected chi connectivity index (χ3v) is 15.1. The van der Waals surface area contributed by atoms with E-state index in [2.05, 4.69) is 12.2 Å². The monoisotopic (exact) mass is 1080 g/mol. The second-order valence-corrected chi connectivity index (χ2v) is 21.5. The molecule has 3 rings (SSSR count). The Bertz CT molecular complexity index is 1430. The second kappa shape index (κ2) is 40.7. The molecule has 3 aliphatic heterocycles. The number of nitrogens with one attached hydrogen (secondary N) is 1. The van der Waals surface area contributed by atoms with Crippen LogP contribution in [-0.2, 0) is 33.2 Å². The fraction of sp³-hybridized carbons (Fsp3) is 0.946. The number of ether oxygens (including phenoxy) is 6. The zero-order valence-corrected chi connectivity index (χ0v) is 45.8. The molecule has 17 atom stereocenters. The Morgan fingerprint density at radius 3 is 1.23 bits per heavy atom. The van der Waals surface area contributed by atoms with Crippen LogP contribution in [0.3, 0.4) is 0 Å². The number of allylic oxidation sites excluding steroid dienone is 1. The van der Waals surface area contributed by atoms with Gasteiger partial charge in [-0.25, -0.2) is 0 Å². The van der Waals surface area contributed by atoms with E-state index >= 15 is 0 Å². The first-order chi connectivity index (χ1) is 36.3. The van der Waals surface area contributed by atoms with Crippen molar-refractivity contribution >= 4 is 5.91 Å². The van der Waals surface area contributed by atoms with Gasteiger partial charge in [-0.15, -0.1) is 0 Å². The maximum atomic E-state index is 13.1. The van der Waals surface area contributed by atoms with E-state index in [-0.39, 0.29) is 18.9 Å². The van der Waals surface area contributed by atoms with Crippen molar-refractivity contribution in [3.05, 3.63) is 12.2 Å². The van der Waals surface area contributed by atoms with Crippen molar-refractivity contribution in [1.29, 1.82) is 0 Å². The summed E-state index contributed by atoms with van der Waals surface area (Å²) in [6.45, 7) is 1.49. The van der Waals surface area contributed by atoms with Gasteiger partial charge in [0, 0.05) is 6.42 Å². The largest absolute Gasteiger partial charge is 0.394 e. The summed E-state index contributed by atoms with van der Waals surface area (Å²) in [4.78, 5) is 13.1. The van der Waals surface area contributed by atoms with Crippen LogP contribution in [0.25, 0.3) is 0 Å². The average Bonchev–Trinajstić information content (AvgIpc) is 3.41. The summed E-state index contributed by atoms with van der Waals surface area (Å²) < 4.78 is 33.9. The summed E-state index contributed by atoms with van der Waals surface area (Å²) in [5.41, 5.74) is 0. The summed E-state index contributed by atoms with van der Waals surface area (Å²) in [6.07, 6.45) is 13.6. The minimum atomic E-state index is -1.97. The van der Waals surface area contributed by atoms with E-state index in [1.54, 1.807) is 12.2 Å². The van der Waals surface area contributed by atoms with Gasteiger partial charge in [0.2, 0.25) is 5.91 Å². The van der Waals surface area contributed by atoms with E-state index in [1.165, 1.54) is 148 Å². The number of hydrogen-bond acceptors (Lipinski definition) is 18. The van der Waals surface area contributed by atoms with Gasteiger partial charge in [0.05, 0.1) is 38.6 Å². The summed E-state index contributed by atoms with van der Waals surface area (Å²) in [5, 5.41) is 119. The summed E-state index contributed by atoms with van der Waals surface area (Å²) in [5.74, 6) is -0.284. The van der Waals surface area contributed by atoms with Gasteiger partial charge < -0.3 is 89.9 Å². The molecule has 0 bridgehead atoms. The molecule has 75 heavy (non-hydrogen) atoms. The van der Waals surface area contributed by atoms with Crippen LogP contribution in [0, 0.1) is 0 Å². The lowest BCUT2D eigenvalue weighted by molar-refractivity contribution is -0.379. The van der Waals surface area contributed by atoms with Gasteiger partial charge in [-0.1, -0.05) is 199 Å². The van der Waals surface area contributed by atoms with Crippen LogP contribution in [-0.4, -0.2) is 193 Å². The predicted molar refractivity (Wildman–Crippen MR) is 282 cm³/mol. The van der Waals surface area contributed by atoms with Gasteiger partial charge >= 0.3 is 0 Å². The highest BCUT2D eigenvalue weighted by Gasteiger charge is 2.53. The lowest BCUT2D eigenvalue weighted by Crippen LogP contribution is -2.66. The van der Waals surface area contributed by atoms with Crippen molar-refractivity contribution < 1.29 is 89.4 Å². The third kappa shape index (κ3) is 25.3. The van der Waals surface area contributed by atoms with E-state index < -0.39 is 124 Å². The normalized spacial score (nSPS) is 31.2. The number of carbonyl (C=O) groups excluding carboxylic acids is 1. The number of aliphatic hydroxyl groups excluding tert-OH is 11. The van der Waals surface area contributed by atoms with Crippen LogP contribution in [0.2, 0.25) is 0 Å². The van der Waals surface area contributed by atoms with E-state index in [9.17, 15) is 61.0 Å². The highest BCUT2D eigenvalue weighted by Crippen LogP contribution is 2.33. The van der Waals surface area contributed by atoms with Crippen molar-refractivity contribution in [1.82, 2.24) is 5.32 Å². The number of amides is 1. The highest BCUT2D eigenvalue weighted by molar-refractivity contribution is 5.76. The molecule has 3 fully saturated rings. The fourth-order valence-corrected chi connectivity index (χ4v) is 10.2. The Morgan fingerprint density at radius 1 is 0.467 bits per heavy atom. The highest BCUT2D eigenvalue weighted by atomic mass is 16.8. The smallest absolute Gasteiger partial charge is 0.220 e. The van der Waals surface area contributed by atoms with Crippen molar-refractivity contribution in [2.24, 2.45) is 0 Å². The van der Waals surface area contributed by atoms with E-state index in [0.717, 1.165) is 25.7 Å². The number of hydrogen-bond donors (Lipinski definition) is 12. The molecule has 19 nitrogen and oxygen atoms in total. The van der Waals surface area contributed by atoms with Gasteiger partial charge in [0.25, 0.3) is 0 Å². The average molecular weight is 1080 g/mol. The quantitative estimate of drug-likeness (QED) is 0.0293. The molecular weight excluding hydrogens is 975 g/mol. The van der Waals surface area contributed by atoms with Crippen molar-refractivity contribution in [2.45, 2.75) is 311 Å². The molecule has 1 amide bonds. The maximum absolute atomic E-state index is 13.1. The van der Waals surface area contributed by atoms with Gasteiger partial charge in [-0.2, -0.15) is 0 Å². The van der Waals surface area contributed by atoms with Gasteiger partial charge in [0.1, 0.15) is 73.2 Å². The molecule has 12 N–H and O–H groups in total. The van der Waals surface area contributed by atoms with Crippen LogP contribution >= 0.6 is 0 Å². The van der Waals surface area contributed by atoms with Gasteiger partial charge in [0.15, 0.2) is 18.9 Å². The third-order valence-electron chi connectivity index (χ3n) is 15.1. The van der Waals surface area contributed by atoms with Crippen LogP contribution in [0.15, 0.2) is 12.2 Å². The molecule has 3 saturated heterocycles. The molecule has 0 aliphatic carbocycles. The Hall–Kier alpha value is -1.47. The van der Waals surface area contributed by atoms with Crippen LogP contribution in [0.1, 0.15) is 206 Å². The van der Waals surface area contributed by atoms with Crippen molar-refractivity contribution in [3.8, 4) is 0 Å². The molecule has 3 heterocycles. The van der Waals surface area contributed by atoms with Crippen LogP contribution in [0.4, 0.5) is 0 Å². The second-order valence-electron chi connectivity index (χ2n) is 21.5. The van der Waals surface area contributed by atoms with E-state index in [0.29, 0.717) is 12.8 Å². The zero-order chi connectivity index (χ0) is 54.8. The lowest BCUT2D eigenvalue weighted by Gasteiger charge is -2.48. The predicted octanol–water partition coefficient (Wildman–Crippen LogP) is 4.60. The number of aliphatic hydroxyl groups is 11. The summed E-state index contributed by atoms with van der Waals surface area (Å²) in [6, 6.07) is -0.963. The Labute approximate surface area is 448 Å². The molecular formula is C56H105NO18. The minimum Gasteiger partial charge on any atom is -0.394 e. The topological polar surface area (TPSA) is 307 Å². The molecule has 0 saturated carbocycles. The SMILES string of the molecule is CCC/C=C/C(O)C(COC1OC(CO)C(OC2OC(CO)C(OC3OC(CO)C(O)C(O)C3O)C(O)C2O)C(O)C1O)NC(=O)CCCCCCCCCCCCCCCCCCCCCCCCCCCCC. The van der Waals surface area contributed by atoms with E-state index in [4.69, 9.17) is 28.4 Å². The number of unbranched alkanes of at least 4 members (excludes halogenated alkanes) is 27. The number of carbonyl (C=O) groups is 1. The molecule has 3 aliphatic rings. The standard InChI is InChI=1S/C56H105NO18/c1-3-5-7-8-9-10-11-12-13-14-15-16-17-18-19-20-21-22-23-24-25-26-27-28-29-30-32-34-44(62)57-39(40(61)33-31-6-4-2)38-70-54-50(68)47(65)52(42(36-59)72-54)75-56-51(69)48(66)53(43(37-60)73-56)74-55-49(67)46(64)45(63)41(35-58)71-55/h31,33,39-43,45-56,58-61,63-69H,3-30,32,34-38H2,1-2H3,(H,57,62)/b33-31+. The lowest BCUT2D eigenvalue weighted by atomic mass is 9.96. The molecule has 0 aromatic heterocycles. The maximum Gasteiger partial charge on any atom is 0.220 e. The molecule has 17 unspecified atom stereocenters. The fourth-order valence-electron chi connectivity index (χ4n) is 10.2. The first-order valence-electron chi connectivity index (χ1n) is 29.4. The Morgan fingerprint density at radius 2 is 0.827 bits per heavy atom. The molecule has 0 aromatic carbocycles. The minimum absolute atomic E-state index is 0.246. The first kappa shape index (κ1) is 67.8. The molecule has 0 radical (unpaired) electrons. The van der Waals surface area contributed by atoms with Crippen molar-refractivity contribution in [2.75, 3.05) is 26.4 Å². The zero-order valence-electron chi connectivity index (χ0n) is 45.8. The van der Waals surface area contributed by atoms with Gasteiger partial charge in [-0.3, -0.25) is 4.79 Å². The van der Waals surface area contributed by atoms with Crippen molar-refractivity contribution in [3.63, 3.8) is 0 Å². The Balaban J connectivity index is 1.31. The summed E-state index contributed by atoms with van der Waals surface area (Å²) >= 11 is 0. The van der Waals surface area contributed by atoms with Crippen LogP contribution in [0.5, 0.6) is 0 Å². The molecule has 19 heteroatoms. The molecule has 0 spiro atoms. The van der Waals surface area contributed by atoms with Crippen LogP contribution < -0.4 is 5.32 Å². The van der Waals surface area contributed by atoms with E-state index in [1.807, 2.05) is 6.92 Å². The first-order valence-corrected chi connectivity index (χ1v) is 29.4.